The fourth-order valence-electron chi connectivity index (χ4n) is 5.44. The van der Waals surface area contributed by atoms with E-state index in [9.17, 15) is 14.4 Å². The van der Waals surface area contributed by atoms with Gasteiger partial charge in [0, 0.05) is 39.0 Å². The van der Waals surface area contributed by atoms with Crippen LogP contribution in [0.2, 0.25) is 0 Å². The molecule has 0 unspecified atom stereocenters. The number of amides is 2. The molecule has 1 aliphatic heterocycles. The Balaban J connectivity index is 1.14. The molecule has 1 aliphatic rings. The third-order valence-corrected chi connectivity index (χ3v) is 7.68. The number of nitrogens with one attached hydrogen (secondary N) is 1. The SMILES string of the molecule is O=C(CCC(=O)OCCc1ccccc1)Nc1ccccc1C(=O)N1CCN(C(c2ccccc2)c2ccccc2)CC1. The minimum atomic E-state index is -0.419. The van der Waals surface area contributed by atoms with Crippen LogP contribution in [0, 0.1) is 0 Å². The number of anilines is 1. The van der Waals surface area contributed by atoms with Crippen LogP contribution >= 0.6 is 0 Å². The standard InChI is InChI=1S/C36H37N3O4/c40-33(20-21-34(41)43-27-22-28-12-4-1-5-13-28)37-32-19-11-10-18-31(32)36(42)39-25-23-38(24-26-39)35(29-14-6-2-7-15-29)30-16-8-3-9-17-30/h1-19,35H,20-27H2,(H,37,40). The highest BCUT2D eigenvalue weighted by molar-refractivity contribution is 6.04. The van der Waals surface area contributed by atoms with Crippen molar-refractivity contribution in [3.05, 3.63) is 138 Å². The lowest BCUT2D eigenvalue weighted by Crippen LogP contribution is -2.50. The Morgan fingerprint density at radius 2 is 1.23 bits per heavy atom. The molecule has 1 heterocycles. The summed E-state index contributed by atoms with van der Waals surface area (Å²) < 4.78 is 5.29. The summed E-state index contributed by atoms with van der Waals surface area (Å²) in [6.45, 7) is 2.87. The van der Waals surface area contributed by atoms with Crippen LogP contribution < -0.4 is 5.32 Å². The first-order valence-corrected chi connectivity index (χ1v) is 14.8. The lowest BCUT2D eigenvalue weighted by Gasteiger charge is -2.40. The van der Waals surface area contributed by atoms with E-state index in [0.717, 1.165) is 18.7 Å². The van der Waals surface area contributed by atoms with Crippen LogP contribution in [-0.4, -0.2) is 60.4 Å². The van der Waals surface area contributed by atoms with E-state index in [1.165, 1.54) is 11.1 Å². The number of carbonyl (C=O) groups is 3. The monoisotopic (exact) mass is 575 g/mol. The summed E-state index contributed by atoms with van der Waals surface area (Å²) in [5.41, 5.74) is 4.42. The number of rotatable bonds is 11. The van der Waals surface area contributed by atoms with Crippen LogP contribution in [0.25, 0.3) is 0 Å². The number of benzene rings is 4. The van der Waals surface area contributed by atoms with E-state index in [1.54, 1.807) is 24.3 Å². The summed E-state index contributed by atoms with van der Waals surface area (Å²) in [4.78, 5) is 42.7. The maximum atomic E-state index is 13.6. The zero-order chi connectivity index (χ0) is 29.9. The highest BCUT2D eigenvalue weighted by Gasteiger charge is 2.29. The number of piperazine rings is 1. The fraction of sp³-hybridized carbons (Fsp3) is 0.250. The molecular formula is C36H37N3O4. The van der Waals surface area contributed by atoms with Gasteiger partial charge < -0.3 is 15.0 Å². The van der Waals surface area contributed by atoms with E-state index >= 15 is 0 Å². The van der Waals surface area contributed by atoms with Gasteiger partial charge in [0.1, 0.15) is 0 Å². The van der Waals surface area contributed by atoms with Gasteiger partial charge in [0.25, 0.3) is 5.91 Å². The second kappa shape index (κ2) is 14.9. The molecule has 4 aromatic rings. The summed E-state index contributed by atoms with van der Waals surface area (Å²) in [5.74, 6) is -0.872. The molecular weight excluding hydrogens is 538 g/mol. The predicted molar refractivity (Wildman–Crippen MR) is 168 cm³/mol. The molecule has 43 heavy (non-hydrogen) atoms. The number of nitrogens with zero attached hydrogens (tertiary/aromatic N) is 2. The predicted octanol–water partition coefficient (Wildman–Crippen LogP) is 5.74. The van der Waals surface area contributed by atoms with Gasteiger partial charge in [0.05, 0.1) is 30.3 Å². The molecule has 0 radical (unpaired) electrons. The van der Waals surface area contributed by atoms with Crippen molar-refractivity contribution in [2.75, 3.05) is 38.1 Å². The molecule has 0 aromatic heterocycles. The van der Waals surface area contributed by atoms with Gasteiger partial charge >= 0.3 is 5.97 Å². The van der Waals surface area contributed by atoms with Gasteiger partial charge in [0.2, 0.25) is 5.91 Å². The van der Waals surface area contributed by atoms with Crippen LogP contribution in [0.4, 0.5) is 5.69 Å². The van der Waals surface area contributed by atoms with Crippen molar-refractivity contribution in [2.24, 2.45) is 0 Å². The molecule has 0 atom stereocenters. The first-order valence-electron chi connectivity index (χ1n) is 14.8. The Kier molecular flexibility index (Phi) is 10.3. The molecule has 7 heteroatoms. The summed E-state index contributed by atoms with van der Waals surface area (Å²) in [6, 6.07) is 37.8. The molecule has 0 saturated carbocycles. The third kappa shape index (κ3) is 8.17. The van der Waals surface area contributed by atoms with E-state index in [1.807, 2.05) is 47.4 Å². The largest absolute Gasteiger partial charge is 0.465 e. The van der Waals surface area contributed by atoms with Gasteiger partial charge in [-0.15, -0.1) is 0 Å². The Labute approximate surface area is 253 Å². The third-order valence-electron chi connectivity index (χ3n) is 7.68. The number of hydrogen-bond donors (Lipinski definition) is 1. The van der Waals surface area contributed by atoms with Crippen molar-refractivity contribution in [1.29, 1.82) is 0 Å². The smallest absolute Gasteiger partial charge is 0.306 e. The maximum Gasteiger partial charge on any atom is 0.306 e. The highest BCUT2D eigenvalue weighted by atomic mass is 16.5. The number of esters is 1. The number of hydrogen-bond acceptors (Lipinski definition) is 5. The van der Waals surface area contributed by atoms with Gasteiger partial charge in [-0.25, -0.2) is 0 Å². The van der Waals surface area contributed by atoms with E-state index < -0.39 is 5.97 Å². The topological polar surface area (TPSA) is 78.9 Å². The molecule has 220 valence electrons. The Bertz CT molecular complexity index is 1450. The van der Waals surface area contributed by atoms with Crippen molar-refractivity contribution in [3.8, 4) is 0 Å². The lowest BCUT2D eigenvalue weighted by atomic mass is 9.96. The maximum absolute atomic E-state index is 13.6. The molecule has 0 aliphatic carbocycles. The molecule has 0 bridgehead atoms. The van der Waals surface area contributed by atoms with E-state index in [-0.39, 0.29) is 37.3 Å². The van der Waals surface area contributed by atoms with Crippen molar-refractivity contribution in [3.63, 3.8) is 0 Å². The minimum absolute atomic E-state index is 0.0221. The lowest BCUT2D eigenvalue weighted by molar-refractivity contribution is -0.144. The molecule has 1 saturated heterocycles. The van der Waals surface area contributed by atoms with Crippen molar-refractivity contribution < 1.29 is 19.1 Å². The summed E-state index contributed by atoms with van der Waals surface area (Å²) >= 11 is 0. The van der Waals surface area contributed by atoms with Crippen LogP contribution in [0.15, 0.2) is 115 Å². The van der Waals surface area contributed by atoms with Gasteiger partial charge in [-0.3, -0.25) is 19.3 Å². The summed E-state index contributed by atoms with van der Waals surface area (Å²) in [6.07, 6.45) is 0.579. The normalized spacial score (nSPS) is 13.5. The van der Waals surface area contributed by atoms with Crippen molar-refractivity contribution >= 4 is 23.5 Å². The molecule has 2 amide bonds. The Hall–Kier alpha value is -4.75. The Morgan fingerprint density at radius 3 is 1.86 bits per heavy atom. The van der Waals surface area contributed by atoms with E-state index in [0.29, 0.717) is 30.8 Å². The second-order valence-electron chi connectivity index (χ2n) is 10.6. The molecule has 0 spiro atoms. The average Bonchev–Trinajstić information content (AvgIpc) is 3.06. The zero-order valence-electron chi connectivity index (χ0n) is 24.2. The van der Waals surface area contributed by atoms with Crippen molar-refractivity contribution in [1.82, 2.24) is 9.80 Å². The quantitative estimate of drug-likeness (QED) is 0.231. The Morgan fingerprint density at radius 1 is 0.674 bits per heavy atom. The van der Waals surface area contributed by atoms with Gasteiger partial charge in [-0.2, -0.15) is 0 Å². The van der Waals surface area contributed by atoms with Crippen molar-refractivity contribution in [2.45, 2.75) is 25.3 Å². The summed E-state index contributed by atoms with van der Waals surface area (Å²) in [7, 11) is 0. The molecule has 1 N–H and O–H groups in total. The average molecular weight is 576 g/mol. The van der Waals surface area contributed by atoms with Crippen LogP contribution in [0.1, 0.15) is 45.9 Å². The van der Waals surface area contributed by atoms with Crippen LogP contribution in [0.3, 0.4) is 0 Å². The number of para-hydroxylation sites is 1. The fourth-order valence-corrected chi connectivity index (χ4v) is 5.44. The molecule has 5 rings (SSSR count). The summed E-state index contributed by atoms with van der Waals surface area (Å²) in [5, 5.41) is 2.83. The van der Waals surface area contributed by atoms with Gasteiger partial charge in [-0.1, -0.05) is 103 Å². The number of carbonyl (C=O) groups excluding carboxylic acids is 3. The second-order valence-corrected chi connectivity index (χ2v) is 10.6. The highest BCUT2D eigenvalue weighted by Crippen LogP contribution is 2.30. The van der Waals surface area contributed by atoms with E-state index in [2.05, 4.69) is 58.7 Å². The molecule has 1 fully saturated rings. The van der Waals surface area contributed by atoms with E-state index in [4.69, 9.17) is 4.74 Å². The zero-order valence-corrected chi connectivity index (χ0v) is 24.2. The number of ether oxygens (including phenoxy) is 1. The first-order chi connectivity index (χ1) is 21.1. The van der Waals surface area contributed by atoms with Gasteiger partial charge in [-0.05, 0) is 28.8 Å². The minimum Gasteiger partial charge on any atom is -0.465 e. The van der Waals surface area contributed by atoms with Crippen LogP contribution in [0.5, 0.6) is 0 Å². The molecule has 7 nitrogen and oxygen atoms in total. The molecule has 4 aromatic carbocycles. The van der Waals surface area contributed by atoms with Gasteiger partial charge in [0.15, 0.2) is 0 Å². The van der Waals surface area contributed by atoms with Crippen LogP contribution in [-0.2, 0) is 20.7 Å². The first kappa shape index (κ1) is 29.7.